The molecule has 4 aromatic rings. The average Bonchev–Trinajstić information content (AvgIpc) is 2.84. The Morgan fingerprint density at radius 3 is 2.35 bits per heavy atom. The summed E-state index contributed by atoms with van der Waals surface area (Å²) in [6, 6.07) is 18.2. The van der Waals surface area contributed by atoms with E-state index < -0.39 is 0 Å². The third-order valence-electron chi connectivity index (χ3n) is 5.46. The molecule has 0 bridgehead atoms. The minimum atomic E-state index is -0.241. The van der Waals surface area contributed by atoms with E-state index in [1.54, 1.807) is 49.1 Å². The molecule has 1 N–H and O–H groups in total. The first kappa shape index (κ1) is 23.4. The molecular formula is C26H25N3O4S. The van der Waals surface area contributed by atoms with Gasteiger partial charge in [-0.2, -0.15) is 0 Å². The number of rotatable bonds is 7. The highest BCUT2D eigenvalue weighted by atomic mass is 32.2. The zero-order valence-electron chi connectivity index (χ0n) is 19.4. The number of hydrogen-bond donors (Lipinski definition) is 1. The highest BCUT2D eigenvalue weighted by molar-refractivity contribution is 7.99. The van der Waals surface area contributed by atoms with Crippen LogP contribution >= 0.6 is 11.8 Å². The van der Waals surface area contributed by atoms with Crippen LogP contribution in [0.25, 0.3) is 16.6 Å². The largest absolute Gasteiger partial charge is 0.497 e. The molecule has 0 fully saturated rings. The van der Waals surface area contributed by atoms with Crippen LogP contribution in [0.15, 0.2) is 70.6 Å². The number of nitrogens with zero attached hydrogens (tertiary/aromatic N) is 2. The minimum absolute atomic E-state index is 0.0646. The Kier molecular flexibility index (Phi) is 6.88. The highest BCUT2D eigenvalue weighted by Crippen LogP contribution is 2.27. The summed E-state index contributed by atoms with van der Waals surface area (Å²) in [5.41, 5.74) is 3.89. The monoisotopic (exact) mass is 475 g/mol. The summed E-state index contributed by atoms with van der Waals surface area (Å²) in [5, 5.41) is 3.83. The summed E-state index contributed by atoms with van der Waals surface area (Å²) in [5.74, 6) is 0.966. The van der Waals surface area contributed by atoms with Gasteiger partial charge in [-0.25, -0.2) is 4.98 Å². The zero-order chi connectivity index (χ0) is 24.2. The van der Waals surface area contributed by atoms with Gasteiger partial charge < -0.3 is 14.8 Å². The molecule has 1 amide bonds. The summed E-state index contributed by atoms with van der Waals surface area (Å²) in [6.07, 6.45) is 0. The van der Waals surface area contributed by atoms with Crippen LogP contribution in [0, 0.1) is 13.8 Å². The number of hydrogen-bond acceptors (Lipinski definition) is 6. The molecule has 0 spiro atoms. The van der Waals surface area contributed by atoms with Crippen molar-refractivity contribution in [3.8, 4) is 17.2 Å². The van der Waals surface area contributed by atoms with Crippen molar-refractivity contribution in [1.82, 2.24) is 9.55 Å². The molecule has 34 heavy (non-hydrogen) atoms. The number of nitrogens with one attached hydrogen (secondary N) is 1. The molecule has 8 heteroatoms. The van der Waals surface area contributed by atoms with Crippen LogP contribution in [0.5, 0.6) is 11.5 Å². The van der Waals surface area contributed by atoms with E-state index in [0.29, 0.717) is 38.9 Å². The topological polar surface area (TPSA) is 82.5 Å². The fourth-order valence-corrected chi connectivity index (χ4v) is 4.32. The molecule has 0 saturated carbocycles. The van der Waals surface area contributed by atoms with E-state index in [-0.39, 0.29) is 17.2 Å². The molecule has 0 radical (unpaired) electrons. The first-order chi connectivity index (χ1) is 16.4. The van der Waals surface area contributed by atoms with Gasteiger partial charge in [0, 0.05) is 23.9 Å². The number of ether oxygens (including phenoxy) is 2. The third-order valence-corrected chi connectivity index (χ3v) is 6.40. The quantitative estimate of drug-likeness (QED) is 0.307. The molecule has 7 nitrogen and oxygen atoms in total. The Hall–Kier alpha value is -3.78. The average molecular weight is 476 g/mol. The van der Waals surface area contributed by atoms with Crippen molar-refractivity contribution in [3.05, 3.63) is 82.1 Å². The van der Waals surface area contributed by atoms with Crippen LogP contribution < -0.4 is 20.3 Å². The molecule has 0 saturated heterocycles. The van der Waals surface area contributed by atoms with Gasteiger partial charge in [-0.3, -0.25) is 14.2 Å². The number of fused-ring (bicyclic) bond motifs is 1. The van der Waals surface area contributed by atoms with Gasteiger partial charge in [-0.1, -0.05) is 30.0 Å². The summed E-state index contributed by atoms with van der Waals surface area (Å²) in [4.78, 5) is 30.9. The number of methoxy groups -OCH3 is 2. The van der Waals surface area contributed by atoms with Gasteiger partial charge in [0.1, 0.15) is 11.5 Å². The molecule has 0 aliphatic carbocycles. The van der Waals surface area contributed by atoms with Gasteiger partial charge in [0.05, 0.1) is 36.6 Å². The fourth-order valence-electron chi connectivity index (χ4n) is 3.51. The lowest BCUT2D eigenvalue weighted by Crippen LogP contribution is -2.23. The van der Waals surface area contributed by atoms with Gasteiger partial charge in [-0.15, -0.1) is 0 Å². The molecular weight excluding hydrogens is 450 g/mol. The lowest BCUT2D eigenvalue weighted by atomic mass is 10.1. The number of aromatic nitrogens is 2. The summed E-state index contributed by atoms with van der Waals surface area (Å²) in [7, 11) is 3.10. The second-order valence-corrected chi connectivity index (χ2v) is 8.70. The molecule has 0 aliphatic heterocycles. The van der Waals surface area contributed by atoms with E-state index in [9.17, 15) is 9.59 Å². The molecule has 0 aliphatic rings. The summed E-state index contributed by atoms with van der Waals surface area (Å²) >= 11 is 1.21. The number of amides is 1. The smallest absolute Gasteiger partial charge is 0.266 e. The maximum Gasteiger partial charge on any atom is 0.266 e. The third kappa shape index (κ3) is 4.92. The van der Waals surface area contributed by atoms with Crippen molar-refractivity contribution in [2.24, 2.45) is 0 Å². The molecule has 3 aromatic carbocycles. The van der Waals surface area contributed by atoms with Crippen LogP contribution in [-0.2, 0) is 4.79 Å². The Labute approximate surface area is 201 Å². The number of para-hydroxylation sites is 1. The number of carbonyl (C=O) groups excluding carboxylic acids is 1. The van der Waals surface area contributed by atoms with Crippen LogP contribution in [0.2, 0.25) is 0 Å². The minimum Gasteiger partial charge on any atom is -0.497 e. The van der Waals surface area contributed by atoms with Crippen LogP contribution in [0.3, 0.4) is 0 Å². The number of carbonyl (C=O) groups is 1. The standard InChI is InChI=1S/C26H25N3O4S/c1-16-9-10-19(11-17(16)2)29-25(31)22-7-5-6-8-23(22)28-26(29)34-15-24(30)27-18-12-20(32-3)14-21(13-18)33-4/h5-14H,15H2,1-4H3,(H,27,30). The molecule has 4 rings (SSSR count). The lowest BCUT2D eigenvalue weighted by Gasteiger charge is -2.14. The van der Waals surface area contributed by atoms with Crippen LogP contribution in [0.1, 0.15) is 11.1 Å². The van der Waals surface area contributed by atoms with Crippen molar-refractivity contribution in [3.63, 3.8) is 0 Å². The number of thioether (sulfide) groups is 1. The molecule has 174 valence electrons. The molecule has 0 unspecified atom stereocenters. The summed E-state index contributed by atoms with van der Waals surface area (Å²) < 4.78 is 12.1. The Morgan fingerprint density at radius 1 is 0.971 bits per heavy atom. The number of anilines is 1. The van der Waals surface area contributed by atoms with Gasteiger partial charge in [0.15, 0.2) is 5.16 Å². The van der Waals surface area contributed by atoms with E-state index in [1.165, 1.54) is 11.8 Å². The van der Waals surface area contributed by atoms with Gasteiger partial charge in [0.25, 0.3) is 5.56 Å². The molecule has 1 aromatic heterocycles. The predicted molar refractivity (Wildman–Crippen MR) is 136 cm³/mol. The van der Waals surface area contributed by atoms with Gasteiger partial charge in [-0.05, 0) is 49.2 Å². The summed E-state index contributed by atoms with van der Waals surface area (Å²) in [6.45, 7) is 4.02. The maximum absolute atomic E-state index is 13.4. The second kappa shape index (κ2) is 10.0. The fraction of sp³-hybridized carbons (Fsp3) is 0.192. The number of aryl methyl sites for hydroxylation is 2. The van der Waals surface area contributed by atoms with E-state index in [4.69, 9.17) is 14.5 Å². The molecule has 0 atom stereocenters. The van der Waals surface area contributed by atoms with Crippen molar-refractivity contribution in [2.75, 3.05) is 25.3 Å². The van der Waals surface area contributed by atoms with Gasteiger partial charge in [0.2, 0.25) is 5.91 Å². The number of benzene rings is 3. The van der Waals surface area contributed by atoms with Crippen molar-refractivity contribution in [2.45, 2.75) is 19.0 Å². The molecule has 1 heterocycles. The van der Waals surface area contributed by atoms with E-state index in [0.717, 1.165) is 11.1 Å². The zero-order valence-corrected chi connectivity index (χ0v) is 20.2. The lowest BCUT2D eigenvalue weighted by molar-refractivity contribution is -0.113. The van der Waals surface area contributed by atoms with E-state index in [2.05, 4.69) is 5.32 Å². The second-order valence-electron chi connectivity index (χ2n) is 7.76. The SMILES string of the molecule is COc1cc(NC(=O)CSc2nc3ccccc3c(=O)n2-c2ccc(C)c(C)c2)cc(OC)c1. The van der Waals surface area contributed by atoms with E-state index in [1.807, 2.05) is 44.2 Å². The van der Waals surface area contributed by atoms with Crippen molar-refractivity contribution < 1.29 is 14.3 Å². The van der Waals surface area contributed by atoms with E-state index >= 15 is 0 Å². The van der Waals surface area contributed by atoms with Crippen LogP contribution in [-0.4, -0.2) is 35.4 Å². The first-order valence-corrected chi connectivity index (χ1v) is 11.6. The first-order valence-electron chi connectivity index (χ1n) is 10.6. The predicted octanol–water partition coefficient (Wildman–Crippen LogP) is 4.75. The van der Waals surface area contributed by atoms with Crippen molar-refractivity contribution in [1.29, 1.82) is 0 Å². The Balaban J connectivity index is 1.65. The van der Waals surface area contributed by atoms with Crippen molar-refractivity contribution >= 4 is 34.3 Å². The Morgan fingerprint density at radius 2 is 1.68 bits per heavy atom. The van der Waals surface area contributed by atoms with Gasteiger partial charge >= 0.3 is 0 Å². The Bertz CT molecular complexity index is 1410. The normalized spacial score (nSPS) is 10.8. The highest BCUT2D eigenvalue weighted by Gasteiger charge is 2.16. The maximum atomic E-state index is 13.4. The van der Waals surface area contributed by atoms with Crippen LogP contribution in [0.4, 0.5) is 5.69 Å².